The second-order valence-corrected chi connectivity index (χ2v) is 19.7. The van der Waals surface area contributed by atoms with Crippen LogP contribution in [0.1, 0.15) is 271 Å². The number of hydrogen-bond acceptors (Lipinski definition) is 8. The number of rotatable bonds is 48. The molecule has 0 aromatic rings. The van der Waals surface area contributed by atoms with Gasteiger partial charge in [0.1, 0.15) is 24.4 Å². The first-order valence-electron chi connectivity index (χ1n) is 28.1. The number of aliphatic hydroxyl groups is 5. The van der Waals surface area contributed by atoms with Crippen LogP contribution in [0.5, 0.6) is 0 Å². The zero-order chi connectivity index (χ0) is 47.3. The van der Waals surface area contributed by atoms with Gasteiger partial charge in [0.25, 0.3) is 0 Å². The van der Waals surface area contributed by atoms with Crippen molar-refractivity contribution in [1.29, 1.82) is 0 Å². The van der Waals surface area contributed by atoms with E-state index in [-0.39, 0.29) is 12.5 Å². The standard InChI is InChI=1S/C56H107NO8/c1-3-5-7-9-11-13-15-17-19-21-23-24-25-26-28-30-32-34-36-38-40-42-44-46-52(60)57-49(48-64-56-55(63)54(62)53(61)51(47-58)65-56)50(59)45-43-41-39-37-35-33-31-29-27-22-20-18-16-14-12-10-8-6-4-2/h35,37,43,45,49-51,53-56,58-59,61-63H,3-34,36,38-42,44,46-48H2,1-2H3,(H,57,60)/b37-35+,45-43+. The average molecular weight is 922 g/mol. The van der Waals surface area contributed by atoms with Crippen molar-refractivity contribution in [3.63, 3.8) is 0 Å². The van der Waals surface area contributed by atoms with Gasteiger partial charge in [-0.05, 0) is 32.1 Å². The minimum Gasteiger partial charge on any atom is -0.394 e. The molecule has 1 aliphatic heterocycles. The maximum Gasteiger partial charge on any atom is 0.220 e. The lowest BCUT2D eigenvalue weighted by Gasteiger charge is -2.40. The van der Waals surface area contributed by atoms with Crippen molar-refractivity contribution in [2.24, 2.45) is 0 Å². The topological polar surface area (TPSA) is 149 Å². The zero-order valence-electron chi connectivity index (χ0n) is 42.5. The lowest BCUT2D eigenvalue weighted by Crippen LogP contribution is -2.60. The van der Waals surface area contributed by atoms with Crippen LogP contribution in [0.2, 0.25) is 0 Å². The van der Waals surface area contributed by atoms with Crippen molar-refractivity contribution in [1.82, 2.24) is 5.32 Å². The Morgan fingerprint density at radius 1 is 0.508 bits per heavy atom. The van der Waals surface area contributed by atoms with E-state index in [4.69, 9.17) is 9.47 Å². The first kappa shape index (κ1) is 61.7. The Hall–Kier alpha value is -1.33. The third-order valence-electron chi connectivity index (χ3n) is 13.5. The molecule has 1 saturated heterocycles. The van der Waals surface area contributed by atoms with Crippen LogP contribution >= 0.6 is 0 Å². The molecule has 0 aromatic heterocycles. The fourth-order valence-corrected chi connectivity index (χ4v) is 9.06. The van der Waals surface area contributed by atoms with Gasteiger partial charge < -0.3 is 40.3 Å². The van der Waals surface area contributed by atoms with E-state index in [0.717, 1.165) is 38.5 Å². The van der Waals surface area contributed by atoms with Gasteiger partial charge >= 0.3 is 0 Å². The van der Waals surface area contributed by atoms with Gasteiger partial charge in [-0.1, -0.05) is 256 Å². The van der Waals surface area contributed by atoms with Gasteiger partial charge in [0.05, 0.1) is 25.4 Å². The molecule has 65 heavy (non-hydrogen) atoms. The van der Waals surface area contributed by atoms with Crippen molar-refractivity contribution in [2.75, 3.05) is 13.2 Å². The van der Waals surface area contributed by atoms with E-state index in [1.807, 2.05) is 6.08 Å². The molecule has 0 bridgehead atoms. The van der Waals surface area contributed by atoms with Crippen LogP contribution < -0.4 is 5.32 Å². The Morgan fingerprint density at radius 2 is 0.877 bits per heavy atom. The summed E-state index contributed by atoms with van der Waals surface area (Å²) < 4.78 is 11.3. The lowest BCUT2D eigenvalue weighted by atomic mass is 9.99. The molecule has 1 amide bonds. The predicted octanol–water partition coefficient (Wildman–Crippen LogP) is 13.4. The minimum atomic E-state index is -1.57. The molecule has 0 radical (unpaired) electrons. The number of aliphatic hydroxyl groups excluding tert-OH is 5. The summed E-state index contributed by atoms with van der Waals surface area (Å²) in [4.78, 5) is 13.0. The molecule has 1 fully saturated rings. The van der Waals surface area contributed by atoms with Crippen molar-refractivity contribution in [3.05, 3.63) is 24.3 Å². The molecule has 1 rings (SSSR count). The molecule has 0 aliphatic carbocycles. The number of amides is 1. The molecule has 7 unspecified atom stereocenters. The van der Waals surface area contributed by atoms with E-state index in [0.29, 0.717) is 6.42 Å². The lowest BCUT2D eigenvalue weighted by molar-refractivity contribution is -0.302. The summed E-state index contributed by atoms with van der Waals surface area (Å²) in [6.07, 6.45) is 51.0. The summed E-state index contributed by atoms with van der Waals surface area (Å²) >= 11 is 0. The highest BCUT2D eigenvalue weighted by atomic mass is 16.7. The molecule has 9 heteroatoms. The number of nitrogens with one attached hydrogen (secondary N) is 1. The van der Waals surface area contributed by atoms with E-state index in [1.54, 1.807) is 6.08 Å². The van der Waals surface area contributed by atoms with Crippen molar-refractivity contribution in [3.8, 4) is 0 Å². The number of carbonyl (C=O) groups is 1. The maximum absolute atomic E-state index is 13.0. The number of carbonyl (C=O) groups excluding carboxylic acids is 1. The monoisotopic (exact) mass is 922 g/mol. The van der Waals surface area contributed by atoms with E-state index < -0.39 is 49.5 Å². The summed E-state index contributed by atoms with van der Waals surface area (Å²) in [6, 6.07) is -0.818. The van der Waals surface area contributed by atoms with Crippen LogP contribution in [0.15, 0.2) is 24.3 Å². The summed E-state index contributed by atoms with van der Waals surface area (Å²) in [6.45, 7) is 3.80. The Balaban J connectivity index is 2.25. The minimum absolute atomic E-state index is 0.181. The number of allylic oxidation sites excluding steroid dienone is 3. The van der Waals surface area contributed by atoms with E-state index >= 15 is 0 Å². The summed E-state index contributed by atoms with van der Waals surface area (Å²) in [7, 11) is 0. The van der Waals surface area contributed by atoms with E-state index in [1.165, 1.54) is 212 Å². The SMILES string of the molecule is CCCCCCCCCCCCCCC/C=C/CC/C=C/C(O)C(COC1OC(CO)C(O)C(O)C1O)NC(=O)CCCCCCCCCCCCCCCCCCCCCCCCC. The van der Waals surface area contributed by atoms with Crippen molar-refractivity contribution in [2.45, 2.75) is 314 Å². The molecule has 384 valence electrons. The second-order valence-electron chi connectivity index (χ2n) is 19.7. The van der Waals surface area contributed by atoms with Gasteiger partial charge in [-0.3, -0.25) is 4.79 Å². The molecule has 1 heterocycles. The normalized spacial score (nSPS) is 20.0. The van der Waals surface area contributed by atoms with Crippen LogP contribution in [0, 0.1) is 0 Å². The highest BCUT2D eigenvalue weighted by molar-refractivity contribution is 5.76. The first-order chi connectivity index (χ1) is 31.8. The van der Waals surface area contributed by atoms with Crippen LogP contribution in [0.3, 0.4) is 0 Å². The number of hydrogen-bond donors (Lipinski definition) is 6. The average Bonchev–Trinajstić information content (AvgIpc) is 3.31. The highest BCUT2D eigenvalue weighted by Crippen LogP contribution is 2.23. The van der Waals surface area contributed by atoms with Gasteiger partial charge in [-0.2, -0.15) is 0 Å². The van der Waals surface area contributed by atoms with Gasteiger partial charge in [0.2, 0.25) is 5.91 Å². The molecular formula is C56H107NO8. The highest BCUT2D eigenvalue weighted by Gasteiger charge is 2.44. The predicted molar refractivity (Wildman–Crippen MR) is 272 cm³/mol. The largest absolute Gasteiger partial charge is 0.394 e. The van der Waals surface area contributed by atoms with Gasteiger partial charge in [0.15, 0.2) is 6.29 Å². The Bertz CT molecular complexity index is 1070. The fourth-order valence-electron chi connectivity index (χ4n) is 9.06. The molecule has 9 nitrogen and oxygen atoms in total. The Labute approximate surface area is 400 Å². The zero-order valence-corrected chi connectivity index (χ0v) is 42.5. The second kappa shape index (κ2) is 46.4. The molecular weight excluding hydrogens is 815 g/mol. The van der Waals surface area contributed by atoms with Gasteiger partial charge in [-0.15, -0.1) is 0 Å². The van der Waals surface area contributed by atoms with Crippen LogP contribution in [-0.4, -0.2) is 87.5 Å². The summed E-state index contributed by atoms with van der Waals surface area (Å²) in [5.74, 6) is -0.181. The summed E-state index contributed by atoms with van der Waals surface area (Å²) in [5.41, 5.74) is 0. The quantitative estimate of drug-likeness (QED) is 0.0261. The molecule has 0 saturated carbocycles. The van der Waals surface area contributed by atoms with E-state index in [2.05, 4.69) is 31.3 Å². The molecule has 6 N–H and O–H groups in total. The first-order valence-corrected chi connectivity index (χ1v) is 28.1. The molecule has 0 spiro atoms. The number of ether oxygens (including phenoxy) is 2. The van der Waals surface area contributed by atoms with Crippen molar-refractivity contribution >= 4 is 5.91 Å². The fraction of sp³-hybridized carbons (Fsp3) is 0.911. The van der Waals surface area contributed by atoms with Gasteiger partial charge in [-0.25, -0.2) is 0 Å². The van der Waals surface area contributed by atoms with E-state index in [9.17, 15) is 30.3 Å². The van der Waals surface area contributed by atoms with Crippen molar-refractivity contribution < 1.29 is 39.8 Å². The van der Waals surface area contributed by atoms with Crippen LogP contribution in [-0.2, 0) is 14.3 Å². The van der Waals surface area contributed by atoms with Gasteiger partial charge in [0, 0.05) is 6.42 Å². The molecule has 7 atom stereocenters. The third kappa shape index (κ3) is 36.3. The molecule has 0 aromatic carbocycles. The smallest absolute Gasteiger partial charge is 0.220 e. The maximum atomic E-state index is 13.0. The Morgan fingerprint density at radius 3 is 1.29 bits per heavy atom. The van der Waals surface area contributed by atoms with Crippen LogP contribution in [0.4, 0.5) is 0 Å². The molecule has 1 aliphatic rings. The Kier molecular flexibility index (Phi) is 44.0. The third-order valence-corrected chi connectivity index (χ3v) is 13.5. The summed E-state index contributed by atoms with van der Waals surface area (Å²) in [5, 5.41) is 54.4. The number of unbranched alkanes of at least 4 members (excludes halogenated alkanes) is 36. The van der Waals surface area contributed by atoms with Crippen LogP contribution in [0.25, 0.3) is 0 Å².